The van der Waals surface area contributed by atoms with Gasteiger partial charge in [0, 0.05) is 40.3 Å². The van der Waals surface area contributed by atoms with Crippen molar-refractivity contribution in [2.24, 2.45) is 0 Å². The molecule has 0 fully saturated rings. The van der Waals surface area contributed by atoms with Gasteiger partial charge in [-0.3, -0.25) is 0 Å². The molecular weight excluding hydrogens is 473 g/mol. The Bertz CT molecular complexity index is 1920. The van der Waals surface area contributed by atoms with E-state index in [9.17, 15) is 0 Å². The van der Waals surface area contributed by atoms with Crippen LogP contribution in [-0.2, 0) is 0 Å². The van der Waals surface area contributed by atoms with E-state index < -0.39 is 0 Å². The average molecular weight is 493 g/mol. The predicted octanol–water partition coefficient (Wildman–Crippen LogP) is 10.9. The monoisotopic (exact) mass is 492 g/mol. The van der Waals surface area contributed by atoms with Crippen LogP contribution in [0, 0.1) is 0 Å². The van der Waals surface area contributed by atoms with Crippen LogP contribution in [0.1, 0.15) is 0 Å². The minimum atomic E-state index is 1.27. The van der Waals surface area contributed by atoms with Gasteiger partial charge in [0.25, 0.3) is 0 Å². The third kappa shape index (κ3) is 2.99. The Morgan fingerprint density at radius 3 is 1.17 bits per heavy atom. The lowest BCUT2D eigenvalue weighted by molar-refractivity contribution is 1.66. The molecule has 0 unspecified atom stereocenters. The van der Waals surface area contributed by atoms with Gasteiger partial charge < -0.3 is 0 Å². The molecule has 2 heteroatoms. The van der Waals surface area contributed by atoms with Crippen molar-refractivity contribution >= 4 is 73.8 Å². The highest BCUT2D eigenvalue weighted by Gasteiger charge is 2.15. The molecule has 168 valence electrons. The Kier molecular flexibility index (Phi) is 4.36. The molecule has 0 bridgehead atoms. The fourth-order valence-corrected chi connectivity index (χ4v) is 7.90. The number of hydrogen-bond acceptors (Lipinski definition) is 2. The van der Waals surface area contributed by atoms with Gasteiger partial charge in [0.05, 0.1) is 0 Å². The molecule has 0 aliphatic rings. The first-order chi connectivity index (χ1) is 17.8. The van der Waals surface area contributed by atoms with E-state index in [2.05, 4.69) is 121 Å². The Morgan fingerprint density at radius 2 is 0.722 bits per heavy atom. The van der Waals surface area contributed by atoms with Crippen LogP contribution < -0.4 is 0 Å². The van der Waals surface area contributed by atoms with Gasteiger partial charge in [-0.25, -0.2) is 0 Å². The van der Waals surface area contributed by atoms with Gasteiger partial charge in [-0.2, -0.15) is 0 Å². The maximum absolute atomic E-state index is 2.35. The summed E-state index contributed by atoms with van der Waals surface area (Å²) in [5.41, 5.74) is 5.09. The van der Waals surface area contributed by atoms with Crippen LogP contribution in [0.2, 0.25) is 0 Å². The Morgan fingerprint density at radius 1 is 0.306 bits per heavy atom. The van der Waals surface area contributed by atoms with E-state index in [4.69, 9.17) is 0 Å². The van der Waals surface area contributed by atoms with Crippen molar-refractivity contribution in [2.75, 3.05) is 0 Å². The molecule has 0 aliphatic carbocycles. The quantitative estimate of drug-likeness (QED) is 0.225. The molecule has 8 rings (SSSR count). The summed E-state index contributed by atoms with van der Waals surface area (Å²) in [7, 11) is 0. The molecule has 36 heavy (non-hydrogen) atoms. The van der Waals surface area contributed by atoms with E-state index in [0.29, 0.717) is 0 Å². The Hall–Kier alpha value is -3.98. The maximum atomic E-state index is 2.35. The van der Waals surface area contributed by atoms with Crippen molar-refractivity contribution in [3.8, 4) is 22.3 Å². The largest absolute Gasteiger partial charge is 0.135 e. The SMILES string of the molecule is c1ccc(-c2ccc3c(c2)sc2ccc4c(ccc5sc6cc(-c7ccccc7)ccc6c54)c23)cc1. The van der Waals surface area contributed by atoms with Crippen LogP contribution in [0.15, 0.2) is 121 Å². The highest BCUT2D eigenvalue weighted by atomic mass is 32.1. The summed E-state index contributed by atoms with van der Waals surface area (Å²) in [5.74, 6) is 0. The zero-order valence-corrected chi connectivity index (χ0v) is 21.0. The maximum Gasteiger partial charge on any atom is 0.0361 e. The van der Waals surface area contributed by atoms with Crippen molar-refractivity contribution in [3.63, 3.8) is 0 Å². The highest BCUT2D eigenvalue weighted by Crippen LogP contribution is 2.45. The van der Waals surface area contributed by atoms with Gasteiger partial charge in [0.15, 0.2) is 0 Å². The number of hydrogen-bond donors (Lipinski definition) is 0. The second-order valence-electron chi connectivity index (χ2n) is 9.33. The van der Waals surface area contributed by atoms with Crippen molar-refractivity contribution in [3.05, 3.63) is 121 Å². The first kappa shape index (κ1) is 20.2. The minimum absolute atomic E-state index is 1.27. The van der Waals surface area contributed by atoms with Crippen molar-refractivity contribution < 1.29 is 0 Å². The molecule has 2 heterocycles. The summed E-state index contributed by atoms with van der Waals surface area (Å²) in [4.78, 5) is 0. The second kappa shape index (κ2) is 7.76. The van der Waals surface area contributed by atoms with E-state index in [1.165, 1.54) is 73.4 Å². The Labute approximate surface area is 216 Å². The first-order valence-electron chi connectivity index (χ1n) is 12.2. The number of benzene rings is 6. The van der Waals surface area contributed by atoms with Gasteiger partial charge in [0.1, 0.15) is 0 Å². The molecular formula is C34H20S2. The first-order valence-corrected chi connectivity index (χ1v) is 13.8. The predicted molar refractivity (Wildman–Crippen MR) is 161 cm³/mol. The lowest BCUT2D eigenvalue weighted by Crippen LogP contribution is -1.79. The summed E-state index contributed by atoms with van der Waals surface area (Å²) in [6.07, 6.45) is 0. The Balaban J connectivity index is 1.37. The molecule has 0 aliphatic heterocycles. The van der Waals surface area contributed by atoms with Gasteiger partial charge in [0.2, 0.25) is 0 Å². The summed E-state index contributed by atoms with van der Waals surface area (Å²) >= 11 is 3.80. The van der Waals surface area contributed by atoms with Crippen LogP contribution in [0.5, 0.6) is 0 Å². The number of fused-ring (bicyclic) bond motifs is 9. The van der Waals surface area contributed by atoms with E-state index in [0.717, 1.165) is 0 Å². The number of rotatable bonds is 2. The van der Waals surface area contributed by atoms with Crippen LogP contribution in [0.4, 0.5) is 0 Å². The van der Waals surface area contributed by atoms with Crippen LogP contribution in [-0.4, -0.2) is 0 Å². The smallest absolute Gasteiger partial charge is 0.0361 e. The van der Waals surface area contributed by atoms with Gasteiger partial charge >= 0.3 is 0 Å². The standard InChI is InChI=1S/C34H20S2/c1-3-7-21(8-4-1)23-11-13-27-31(19-23)35-29-17-15-26-25(33(27)29)16-18-30-34(26)28-14-12-24(20-32(28)36-30)22-9-5-2-6-10-22/h1-20H. The van der Waals surface area contributed by atoms with E-state index in [1.807, 2.05) is 22.7 Å². The summed E-state index contributed by atoms with van der Waals surface area (Å²) < 4.78 is 5.41. The third-order valence-corrected chi connectivity index (χ3v) is 9.52. The molecule has 2 aromatic heterocycles. The zero-order valence-electron chi connectivity index (χ0n) is 19.4. The van der Waals surface area contributed by atoms with Crippen molar-refractivity contribution in [1.29, 1.82) is 0 Å². The second-order valence-corrected chi connectivity index (χ2v) is 11.5. The normalized spacial score (nSPS) is 11.9. The molecule has 0 radical (unpaired) electrons. The fraction of sp³-hybridized carbons (Fsp3) is 0. The molecule has 0 nitrogen and oxygen atoms in total. The van der Waals surface area contributed by atoms with Crippen LogP contribution in [0.3, 0.4) is 0 Å². The molecule has 8 aromatic rings. The van der Waals surface area contributed by atoms with Crippen molar-refractivity contribution in [2.45, 2.75) is 0 Å². The molecule has 6 aromatic carbocycles. The van der Waals surface area contributed by atoms with Crippen LogP contribution >= 0.6 is 22.7 Å². The molecule has 0 N–H and O–H groups in total. The third-order valence-electron chi connectivity index (χ3n) is 7.28. The summed E-state index contributed by atoms with van der Waals surface area (Å²) in [5, 5.41) is 8.18. The lowest BCUT2D eigenvalue weighted by atomic mass is 9.98. The van der Waals surface area contributed by atoms with Gasteiger partial charge in [-0.05, 0) is 57.3 Å². The van der Waals surface area contributed by atoms with Crippen molar-refractivity contribution in [1.82, 2.24) is 0 Å². The van der Waals surface area contributed by atoms with Crippen LogP contribution in [0.25, 0.3) is 73.4 Å². The molecule has 0 saturated carbocycles. The number of thiophene rings is 2. The summed E-state index contributed by atoms with van der Waals surface area (Å²) in [6, 6.07) is 44.5. The molecule has 0 amide bonds. The topological polar surface area (TPSA) is 0 Å². The zero-order chi connectivity index (χ0) is 23.6. The van der Waals surface area contributed by atoms with Gasteiger partial charge in [-0.1, -0.05) is 97.1 Å². The molecule has 0 spiro atoms. The van der Waals surface area contributed by atoms with E-state index in [1.54, 1.807) is 0 Å². The minimum Gasteiger partial charge on any atom is -0.135 e. The molecule has 0 atom stereocenters. The molecule has 0 saturated heterocycles. The summed E-state index contributed by atoms with van der Waals surface area (Å²) in [6.45, 7) is 0. The lowest BCUT2D eigenvalue weighted by Gasteiger charge is -2.05. The van der Waals surface area contributed by atoms with Gasteiger partial charge in [-0.15, -0.1) is 22.7 Å². The fourth-order valence-electron chi connectivity index (χ4n) is 5.58. The highest BCUT2D eigenvalue weighted by molar-refractivity contribution is 7.26. The van der Waals surface area contributed by atoms with E-state index in [-0.39, 0.29) is 0 Å². The van der Waals surface area contributed by atoms with E-state index >= 15 is 0 Å². The average Bonchev–Trinajstić information content (AvgIpc) is 3.51.